The van der Waals surface area contributed by atoms with E-state index in [1.54, 1.807) is 6.08 Å². The summed E-state index contributed by atoms with van der Waals surface area (Å²) in [6, 6.07) is 9.81. The number of oxazole rings is 1. The molecule has 25 heavy (non-hydrogen) atoms. The summed E-state index contributed by atoms with van der Waals surface area (Å²) in [5, 5.41) is 12.3. The molecule has 1 aromatic heterocycles. The number of nitrogens with zero attached hydrogens (tertiary/aromatic N) is 2. The van der Waals surface area contributed by atoms with Crippen LogP contribution in [0.3, 0.4) is 0 Å². The Kier molecular flexibility index (Phi) is 7.05. The monoisotopic (exact) mass is 341 g/mol. The molecule has 6 heteroatoms. The van der Waals surface area contributed by atoms with E-state index in [9.17, 15) is 5.26 Å². The van der Waals surface area contributed by atoms with Crippen LogP contribution in [0.15, 0.2) is 28.7 Å². The number of nitriles is 1. The molecule has 0 aliphatic rings. The van der Waals surface area contributed by atoms with Crippen LogP contribution in [0, 0.1) is 11.3 Å². The summed E-state index contributed by atoms with van der Waals surface area (Å²) in [7, 11) is 4.22. The third-order valence-electron chi connectivity index (χ3n) is 3.50. The molecule has 0 spiro atoms. The van der Waals surface area contributed by atoms with Gasteiger partial charge in [0.2, 0.25) is 17.5 Å². The normalized spacial score (nSPS) is 11.0. The molecule has 0 saturated heterocycles. The summed E-state index contributed by atoms with van der Waals surface area (Å²) < 4.78 is 11.1. The first kappa shape index (κ1) is 18.6. The number of aromatic nitrogens is 1. The predicted molar refractivity (Wildman–Crippen MR) is 98.5 cm³/mol. The second-order valence-electron chi connectivity index (χ2n) is 5.91. The smallest absolute Gasteiger partial charge is 0.232 e. The zero-order valence-electron chi connectivity index (χ0n) is 15.0. The van der Waals surface area contributed by atoms with Crippen molar-refractivity contribution in [2.24, 2.45) is 0 Å². The van der Waals surface area contributed by atoms with Gasteiger partial charge in [0, 0.05) is 19.0 Å². The van der Waals surface area contributed by atoms with Crippen molar-refractivity contribution in [3.8, 4) is 11.8 Å². The van der Waals surface area contributed by atoms with E-state index in [0.29, 0.717) is 18.4 Å². The molecule has 2 aromatic rings. The Morgan fingerprint density at radius 2 is 2.04 bits per heavy atom. The number of rotatable bonds is 9. The molecule has 0 radical (unpaired) electrons. The minimum absolute atomic E-state index is 0.281. The van der Waals surface area contributed by atoms with Crippen LogP contribution in [0.4, 0.5) is 5.88 Å². The minimum Gasteiger partial charge on any atom is -0.494 e. The molecule has 0 fully saturated rings. The highest BCUT2D eigenvalue weighted by Crippen LogP contribution is 2.19. The van der Waals surface area contributed by atoms with E-state index in [-0.39, 0.29) is 5.69 Å². The lowest BCUT2D eigenvalue weighted by atomic mass is 10.2. The maximum absolute atomic E-state index is 9.19. The van der Waals surface area contributed by atoms with Gasteiger partial charge in [-0.15, -0.1) is 0 Å². The number of hydrogen-bond donors (Lipinski definition) is 2. The first-order chi connectivity index (χ1) is 12.1. The van der Waals surface area contributed by atoms with Gasteiger partial charge in [0.1, 0.15) is 11.8 Å². The molecule has 132 valence electrons. The van der Waals surface area contributed by atoms with Gasteiger partial charge in [0.25, 0.3) is 0 Å². The van der Waals surface area contributed by atoms with Crippen molar-refractivity contribution in [3.05, 3.63) is 41.4 Å². The first-order valence-electron chi connectivity index (χ1n) is 8.47. The Morgan fingerprint density at radius 3 is 2.68 bits per heavy atom. The van der Waals surface area contributed by atoms with Crippen molar-refractivity contribution in [1.82, 2.24) is 4.98 Å². The lowest BCUT2D eigenvalue weighted by molar-refractivity contribution is -0.858. The SMILES string of the molecule is CCOc1ccc(/C=C/c2nc(C#N)c(NCCC[NH+](C)C)o2)cc1. The van der Waals surface area contributed by atoms with Crippen molar-refractivity contribution < 1.29 is 14.1 Å². The molecule has 0 bridgehead atoms. The third kappa shape index (κ3) is 5.98. The van der Waals surface area contributed by atoms with Crippen LogP contribution in [0.1, 0.15) is 30.5 Å². The van der Waals surface area contributed by atoms with Crippen molar-refractivity contribution in [3.63, 3.8) is 0 Å². The van der Waals surface area contributed by atoms with Crippen LogP contribution >= 0.6 is 0 Å². The van der Waals surface area contributed by atoms with E-state index in [1.165, 1.54) is 4.90 Å². The highest BCUT2D eigenvalue weighted by molar-refractivity contribution is 5.67. The van der Waals surface area contributed by atoms with Gasteiger partial charge in [-0.05, 0) is 30.7 Å². The van der Waals surface area contributed by atoms with Crippen molar-refractivity contribution in [1.29, 1.82) is 5.26 Å². The third-order valence-corrected chi connectivity index (χ3v) is 3.50. The number of anilines is 1. The summed E-state index contributed by atoms with van der Waals surface area (Å²) in [5.74, 6) is 1.68. The zero-order valence-corrected chi connectivity index (χ0v) is 15.0. The van der Waals surface area contributed by atoms with Gasteiger partial charge in [-0.2, -0.15) is 10.2 Å². The molecule has 0 atom stereocenters. The number of hydrogen-bond acceptors (Lipinski definition) is 5. The highest BCUT2D eigenvalue weighted by Gasteiger charge is 2.10. The Morgan fingerprint density at radius 1 is 1.28 bits per heavy atom. The van der Waals surface area contributed by atoms with E-state index < -0.39 is 0 Å². The van der Waals surface area contributed by atoms with Crippen LogP contribution in [0.2, 0.25) is 0 Å². The summed E-state index contributed by atoms with van der Waals surface area (Å²) in [6.45, 7) is 4.40. The molecule has 0 aliphatic heterocycles. The van der Waals surface area contributed by atoms with Crippen LogP contribution in [0.25, 0.3) is 12.2 Å². The minimum atomic E-state index is 0.281. The summed E-state index contributed by atoms with van der Waals surface area (Å²) in [4.78, 5) is 5.59. The van der Waals surface area contributed by atoms with Gasteiger partial charge in [-0.25, -0.2) is 0 Å². The van der Waals surface area contributed by atoms with E-state index in [4.69, 9.17) is 9.15 Å². The van der Waals surface area contributed by atoms with E-state index in [0.717, 1.165) is 30.8 Å². The lowest BCUT2D eigenvalue weighted by Gasteiger charge is -2.06. The molecule has 1 heterocycles. The number of nitrogens with one attached hydrogen (secondary N) is 2. The van der Waals surface area contributed by atoms with Crippen molar-refractivity contribution in [2.75, 3.05) is 39.1 Å². The number of ether oxygens (including phenoxy) is 1. The molecule has 2 N–H and O–H groups in total. The van der Waals surface area contributed by atoms with Crippen LogP contribution < -0.4 is 15.0 Å². The Hall–Kier alpha value is -2.78. The largest absolute Gasteiger partial charge is 0.494 e. The molecule has 1 aromatic carbocycles. The second kappa shape index (κ2) is 9.50. The predicted octanol–water partition coefficient (Wildman–Crippen LogP) is 2.06. The average Bonchev–Trinajstić information content (AvgIpc) is 3.00. The fraction of sp³-hybridized carbons (Fsp3) is 0.368. The average molecular weight is 341 g/mol. The summed E-state index contributed by atoms with van der Waals surface area (Å²) in [6.07, 6.45) is 4.64. The van der Waals surface area contributed by atoms with Gasteiger partial charge in [-0.1, -0.05) is 12.1 Å². The topological polar surface area (TPSA) is 75.5 Å². The molecule has 0 unspecified atom stereocenters. The van der Waals surface area contributed by atoms with E-state index in [1.807, 2.05) is 37.3 Å². The quantitative estimate of drug-likeness (QED) is 0.683. The Bertz CT molecular complexity index is 727. The van der Waals surface area contributed by atoms with Gasteiger partial charge in [0.15, 0.2) is 0 Å². The summed E-state index contributed by atoms with van der Waals surface area (Å²) in [5.41, 5.74) is 1.28. The molecule has 6 nitrogen and oxygen atoms in total. The molecular weight excluding hydrogens is 316 g/mol. The molecular formula is C19H25N4O2+. The standard InChI is InChI=1S/C19H24N4O2/c1-4-24-16-9-6-15(7-10-16)8-11-18-22-17(14-20)19(25-18)21-12-5-13-23(2)3/h6-11,21H,4-5,12-13H2,1-3H3/p+1/b11-8+. The van der Waals surface area contributed by atoms with E-state index >= 15 is 0 Å². The Labute approximate surface area is 148 Å². The van der Waals surface area contributed by atoms with Crippen molar-refractivity contribution in [2.45, 2.75) is 13.3 Å². The fourth-order valence-electron chi connectivity index (χ4n) is 2.26. The lowest BCUT2D eigenvalue weighted by Crippen LogP contribution is -3.05. The zero-order chi connectivity index (χ0) is 18.1. The van der Waals surface area contributed by atoms with Crippen molar-refractivity contribution >= 4 is 18.0 Å². The Balaban J connectivity index is 1.98. The number of benzene rings is 1. The van der Waals surface area contributed by atoms with E-state index in [2.05, 4.69) is 30.5 Å². The van der Waals surface area contributed by atoms with Crippen LogP contribution in [0.5, 0.6) is 5.75 Å². The fourth-order valence-corrected chi connectivity index (χ4v) is 2.26. The molecule has 0 saturated carbocycles. The highest BCUT2D eigenvalue weighted by atomic mass is 16.5. The van der Waals surface area contributed by atoms with Gasteiger partial charge >= 0.3 is 0 Å². The van der Waals surface area contributed by atoms with Crippen LogP contribution in [-0.2, 0) is 0 Å². The van der Waals surface area contributed by atoms with Gasteiger partial charge in [-0.3, -0.25) is 0 Å². The van der Waals surface area contributed by atoms with Gasteiger partial charge in [0.05, 0.1) is 27.2 Å². The maximum Gasteiger partial charge on any atom is 0.232 e. The molecule has 0 aliphatic carbocycles. The molecule has 0 amide bonds. The maximum atomic E-state index is 9.19. The van der Waals surface area contributed by atoms with Crippen LogP contribution in [-0.4, -0.2) is 38.8 Å². The van der Waals surface area contributed by atoms with Gasteiger partial charge < -0.3 is 19.4 Å². The molecule has 2 rings (SSSR count). The summed E-state index contributed by atoms with van der Waals surface area (Å²) >= 11 is 0. The number of quaternary nitrogens is 1. The second-order valence-corrected chi connectivity index (χ2v) is 5.91. The first-order valence-corrected chi connectivity index (χ1v) is 8.47.